The second-order valence-corrected chi connectivity index (χ2v) is 6.62. The van der Waals surface area contributed by atoms with Crippen LogP contribution in [-0.2, 0) is 11.2 Å². The van der Waals surface area contributed by atoms with Crippen molar-refractivity contribution in [1.82, 2.24) is 10.3 Å². The Hall–Kier alpha value is -2.18. The number of nitrogens with one attached hydrogen (secondary N) is 1. The monoisotopic (exact) mass is 344 g/mol. The number of hydrogen-bond acceptors (Lipinski definition) is 5. The van der Waals surface area contributed by atoms with E-state index in [1.165, 1.54) is 0 Å². The van der Waals surface area contributed by atoms with Crippen LogP contribution in [0.3, 0.4) is 0 Å². The molecule has 2 aromatic heterocycles. The first kappa shape index (κ1) is 15.7. The summed E-state index contributed by atoms with van der Waals surface area (Å²) in [4.78, 5) is 17.6. The molecule has 0 aliphatic carbocycles. The molecule has 0 radical (unpaired) electrons. The molecule has 0 aliphatic heterocycles. The van der Waals surface area contributed by atoms with Crippen LogP contribution in [0, 0.1) is 0 Å². The fourth-order valence-electron chi connectivity index (χ4n) is 2.00. The number of aromatic nitrogens is 1. The van der Waals surface area contributed by atoms with Crippen molar-refractivity contribution in [3.05, 3.63) is 58.9 Å². The van der Waals surface area contributed by atoms with Crippen LogP contribution in [-0.4, -0.2) is 24.0 Å². The first-order chi connectivity index (χ1) is 11.3. The summed E-state index contributed by atoms with van der Waals surface area (Å²) in [6.45, 7) is 0.933. The van der Waals surface area contributed by atoms with Crippen molar-refractivity contribution >= 4 is 28.6 Å². The molecule has 1 amide bonds. The third-order valence-electron chi connectivity index (χ3n) is 3.06. The molecule has 3 aromatic rings. The topological polar surface area (TPSA) is 51.2 Å². The summed E-state index contributed by atoms with van der Waals surface area (Å²) in [6, 6.07) is 13.6. The van der Waals surface area contributed by atoms with E-state index in [1.54, 1.807) is 22.7 Å². The SMILES string of the molecule is O=C(Cc1csc(-c2cccs2)n1)NCCOc1ccccc1. The summed E-state index contributed by atoms with van der Waals surface area (Å²) in [7, 11) is 0. The van der Waals surface area contributed by atoms with Gasteiger partial charge in [-0.1, -0.05) is 24.3 Å². The number of thiazole rings is 1. The number of nitrogens with zero attached hydrogens (tertiary/aromatic N) is 1. The molecule has 23 heavy (non-hydrogen) atoms. The number of para-hydroxylation sites is 1. The average Bonchev–Trinajstić information content (AvgIpc) is 3.24. The highest BCUT2D eigenvalue weighted by molar-refractivity contribution is 7.20. The molecule has 3 rings (SSSR count). The van der Waals surface area contributed by atoms with E-state index >= 15 is 0 Å². The predicted molar refractivity (Wildman–Crippen MR) is 94.1 cm³/mol. The second kappa shape index (κ2) is 7.89. The van der Waals surface area contributed by atoms with E-state index in [9.17, 15) is 4.79 Å². The van der Waals surface area contributed by atoms with Crippen molar-refractivity contribution in [1.29, 1.82) is 0 Å². The van der Waals surface area contributed by atoms with Crippen molar-refractivity contribution in [3.63, 3.8) is 0 Å². The highest BCUT2D eigenvalue weighted by Gasteiger charge is 2.09. The van der Waals surface area contributed by atoms with Crippen LogP contribution in [0.15, 0.2) is 53.2 Å². The molecule has 0 atom stereocenters. The number of benzene rings is 1. The van der Waals surface area contributed by atoms with Crippen LogP contribution in [0.2, 0.25) is 0 Å². The molecule has 1 aromatic carbocycles. The number of amides is 1. The normalized spacial score (nSPS) is 10.4. The molecule has 0 saturated heterocycles. The van der Waals surface area contributed by atoms with Gasteiger partial charge in [-0.2, -0.15) is 0 Å². The zero-order valence-electron chi connectivity index (χ0n) is 12.4. The van der Waals surface area contributed by atoms with Gasteiger partial charge in [-0.05, 0) is 23.6 Å². The maximum atomic E-state index is 11.9. The minimum Gasteiger partial charge on any atom is -0.492 e. The molecular weight excluding hydrogens is 328 g/mol. The zero-order chi connectivity index (χ0) is 15.9. The summed E-state index contributed by atoms with van der Waals surface area (Å²) >= 11 is 3.22. The maximum absolute atomic E-state index is 11.9. The standard InChI is InChI=1S/C17H16N2O2S2/c20-16(18-8-9-21-14-5-2-1-3-6-14)11-13-12-23-17(19-13)15-7-4-10-22-15/h1-7,10,12H,8-9,11H2,(H,18,20). The number of hydrogen-bond donors (Lipinski definition) is 1. The Labute approximate surface area is 142 Å². The molecule has 1 N–H and O–H groups in total. The van der Waals surface area contributed by atoms with E-state index in [2.05, 4.69) is 10.3 Å². The molecule has 0 fully saturated rings. The largest absolute Gasteiger partial charge is 0.492 e. The molecular formula is C17H16N2O2S2. The van der Waals surface area contributed by atoms with Gasteiger partial charge < -0.3 is 10.1 Å². The lowest BCUT2D eigenvalue weighted by molar-refractivity contribution is -0.120. The Kier molecular flexibility index (Phi) is 5.39. The minimum absolute atomic E-state index is 0.0373. The maximum Gasteiger partial charge on any atom is 0.226 e. The summed E-state index contributed by atoms with van der Waals surface area (Å²) < 4.78 is 5.53. The number of carbonyl (C=O) groups excluding carboxylic acids is 1. The third kappa shape index (κ3) is 4.64. The number of thiophene rings is 1. The van der Waals surface area contributed by atoms with E-state index in [0.29, 0.717) is 19.6 Å². The fourth-order valence-corrected chi connectivity index (χ4v) is 3.64. The number of ether oxygens (including phenoxy) is 1. The van der Waals surface area contributed by atoms with Gasteiger partial charge in [0.05, 0.1) is 23.5 Å². The van der Waals surface area contributed by atoms with Crippen LogP contribution in [0.1, 0.15) is 5.69 Å². The van der Waals surface area contributed by atoms with Gasteiger partial charge in [-0.3, -0.25) is 4.79 Å². The van der Waals surface area contributed by atoms with Crippen molar-refractivity contribution in [3.8, 4) is 15.6 Å². The van der Waals surface area contributed by atoms with Gasteiger partial charge in [0.2, 0.25) is 5.91 Å². The van der Waals surface area contributed by atoms with Gasteiger partial charge in [-0.15, -0.1) is 22.7 Å². The molecule has 0 bridgehead atoms. The lowest BCUT2D eigenvalue weighted by Crippen LogP contribution is -2.29. The second-order valence-electron chi connectivity index (χ2n) is 4.81. The molecule has 6 heteroatoms. The van der Waals surface area contributed by atoms with Crippen LogP contribution in [0.25, 0.3) is 9.88 Å². The van der Waals surface area contributed by atoms with E-state index in [1.807, 2.05) is 53.2 Å². The zero-order valence-corrected chi connectivity index (χ0v) is 14.0. The Morgan fingerprint density at radius 1 is 1.13 bits per heavy atom. The van der Waals surface area contributed by atoms with E-state index in [4.69, 9.17) is 4.74 Å². The molecule has 2 heterocycles. The molecule has 0 aliphatic rings. The van der Waals surface area contributed by atoms with Crippen molar-refractivity contribution in [2.24, 2.45) is 0 Å². The average molecular weight is 344 g/mol. The Morgan fingerprint density at radius 2 is 2.00 bits per heavy atom. The number of rotatable bonds is 7. The van der Waals surface area contributed by atoms with Crippen LogP contribution >= 0.6 is 22.7 Å². The molecule has 118 valence electrons. The first-order valence-electron chi connectivity index (χ1n) is 7.24. The van der Waals surface area contributed by atoms with Crippen molar-refractivity contribution in [2.45, 2.75) is 6.42 Å². The van der Waals surface area contributed by atoms with Crippen molar-refractivity contribution in [2.75, 3.05) is 13.2 Å². The predicted octanol–water partition coefficient (Wildman–Crippen LogP) is 3.61. The lowest BCUT2D eigenvalue weighted by Gasteiger charge is -2.07. The van der Waals surface area contributed by atoms with Gasteiger partial charge in [0.1, 0.15) is 17.4 Å². The van der Waals surface area contributed by atoms with Gasteiger partial charge >= 0.3 is 0 Å². The highest BCUT2D eigenvalue weighted by Crippen LogP contribution is 2.27. The van der Waals surface area contributed by atoms with Gasteiger partial charge in [-0.25, -0.2) is 4.98 Å². The third-order valence-corrected chi connectivity index (χ3v) is 4.99. The summed E-state index contributed by atoms with van der Waals surface area (Å²) in [5.41, 5.74) is 0.805. The van der Waals surface area contributed by atoms with Gasteiger partial charge in [0.15, 0.2) is 0 Å². The Bertz CT molecular complexity index is 739. The Morgan fingerprint density at radius 3 is 2.78 bits per heavy atom. The van der Waals surface area contributed by atoms with Crippen LogP contribution in [0.5, 0.6) is 5.75 Å². The quantitative estimate of drug-likeness (QED) is 0.666. The Balaban J connectivity index is 1.41. The van der Waals surface area contributed by atoms with Gasteiger partial charge in [0, 0.05) is 5.38 Å². The lowest BCUT2D eigenvalue weighted by atomic mass is 10.3. The number of carbonyl (C=O) groups is 1. The minimum atomic E-state index is -0.0373. The highest BCUT2D eigenvalue weighted by atomic mass is 32.1. The summed E-state index contributed by atoms with van der Waals surface area (Å²) in [5, 5.41) is 7.78. The van der Waals surface area contributed by atoms with Crippen LogP contribution < -0.4 is 10.1 Å². The van der Waals surface area contributed by atoms with E-state index in [0.717, 1.165) is 21.3 Å². The molecule has 0 saturated carbocycles. The van der Waals surface area contributed by atoms with Gasteiger partial charge in [0.25, 0.3) is 0 Å². The smallest absolute Gasteiger partial charge is 0.226 e. The molecule has 0 unspecified atom stereocenters. The summed E-state index contributed by atoms with van der Waals surface area (Å²) in [6.07, 6.45) is 0.299. The van der Waals surface area contributed by atoms with E-state index < -0.39 is 0 Å². The fraction of sp³-hybridized carbons (Fsp3) is 0.176. The summed E-state index contributed by atoms with van der Waals surface area (Å²) in [5.74, 6) is 0.770. The van der Waals surface area contributed by atoms with E-state index in [-0.39, 0.29) is 5.91 Å². The van der Waals surface area contributed by atoms with Crippen molar-refractivity contribution < 1.29 is 9.53 Å². The first-order valence-corrected chi connectivity index (χ1v) is 9.00. The van der Waals surface area contributed by atoms with Crippen LogP contribution in [0.4, 0.5) is 0 Å². The molecule has 0 spiro atoms. The molecule has 4 nitrogen and oxygen atoms in total.